The summed E-state index contributed by atoms with van der Waals surface area (Å²) in [6.07, 6.45) is -0.798. The normalized spacial score (nSPS) is 20.2. The van der Waals surface area contributed by atoms with Crippen molar-refractivity contribution in [1.29, 1.82) is 0 Å². The molecule has 0 saturated carbocycles. The largest absolute Gasteiger partial charge is 0.507 e. The van der Waals surface area contributed by atoms with E-state index in [9.17, 15) is 6.48 Å². The zero-order valence-corrected chi connectivity index (χ0v) is 38.0. The fraction of sp³-hybridized carbons (Fsp3) is 0.288. The average molecular weight is 1050 g/mol. The minimum absolute atomic E-state index is 0. The van der Waals surface area contributed by atoms with Crippen molar-refractivity contribution in [2.75, 3.05) is 0 Å². The first-order chi connectivity index (χ1) is 41.2. The van der Waals surface area contributed by atoms with Gasteiger partial charge in [0.05, 0.1) is 26.2 Å². The topological polar surface area (TPSA) is 50.9 Å². The molecule has 0 aliphatic carbocycles. The first kappa shape index (κ1) is 22.6. The first-order valence-corrected chi connectivity index (χ1v) is 20.0. The molecule has 0 unspecified atom stereocenters. The third-order valence-electron chi connectivity index (χ3n) is 10.8. The Bertz CT molecular complexity index is 4090. The molecule has 0 aliphatic rings. The van der Waals surface area contributed by atoms with Gasteiger partial charge in [0.25, 0.3) is 0 Å². The number of nitrogens with zero attached hydrogens (tertiary/aromatic N) is 3. The molecule has 0 spiro atoms. The van der Waals surface area contributed by atoms with E-state index in [2.05, 4.69) is 11.1 Å². The molecule has 64 heavy (non-hydrogen) atoms. The maximum Gasteiger partial charge on any atom is 0.148 e. The Morgan fingerprint density at radius 1 is 0.609 bits per heavy atom. The first-order valence-electron chi connectivity index (χ1n) is 34.0. The molecule has 0 radical (unpaired) electrons. The third kappa shape index (κ3) is 9.18. The van der Waals surface area contributed by atoms with Crippen molar-refractivity contribution < 1.29 is 64.6 Å². The number of hydrogen-bond donors (Lipinski definition) is 1. The zero-order chi connectivity index (χ0) is 68.8. The SMILES string of the molecule is [2H]c1nc(-c2[c-]c(-c3cccc4c3nc(-c3cc(C(C([2H])([2H])[2H])(C([2H])([2H])[2H])C([2H])([2H])[2H])cc(C(C([2H])([2H])[2H])(C([2H])([2H])[2H])C([2H])([2H])[2H])c3O)n4-c3ccc(-c4ccccc4)c(C(C)(C)C)c3)cc(C(C)(C)C)c2)c([2H])c(-c2c([2H])c([2H])c(C([2H])([2H])[2H])c([2H])c2[2H])c1[2H].[Pt]. The van der Waals surface area contributed by atoms with Gasteiger partial charge in [-0.05, 0) is 92.2 Å². The van der Waals surface area contributed by atoms with Crippen molar-refractivity contribution >= 4 is 11.0 Å². The van der Waals surface area contributed by atoms with E-state index in [1.807, 2.05) is 71.9 Å². The number of phenols is 1. The Morgan fingerprint density at radius 2 is 1.31 bits per heavy atom. The van der Waals surface area contributed by atoms with Crippen LogP contribution in [0.4, 0.5) is 0 Å². The molecule has 5 heteroatoms. The molecule has 4 nitrogen and oxygen atoms in total. The van der Waals surface area contributed by atoms with Crippen LogP contribution in [-0.2, 0) is 42.7 Å². The number of hydrogen-bond acceptors (Lipinski definition) is 3. The quantitative estimate of drug-likeness (QED) is 0.169. The van der Waals surface area contributed by atoms with Gasteiger partial charge in [0.2, 0.25) is 0 Å². The van der Waals surface area contributed by atoms with Crippen molar-refractivity contribution in [2.45, 2.75) is 111 Å². The summed E-state index contributed by atoms with van der Waals surface area (Å²) < 4.78 is 245. The van der Waals surface area contributed by atoms with Crippen LogP contribution in [0.25, 0.3) is 72.7 Å². The van der Waals surface area contributed by atoms with Crippen LogP contribution in [-0.4, -0.2) is 19.6 Å². The minimum atomic E-state index is -4.25. The molecule has 0 aliphatic heterocycles. The molecule has 1 N–H and O–H groups in total. The van der Waals surface area contributed by atoms with Crippen LogP contribution in [0.2, 0.25) is 0 Å². The number of imidazole rings is 1. The number of fused-ring (bicyclic) bond motifs is 1. The fourth-order valence-electron chi connectivity index (χ4n) is 7.51. The zero-order valence-electron chi connectivity index (χ0n) is 63.8. The van der Waals surface area contributed by atoms with E-state index < -0.39 is 157 Å². The molecule has 0 saturated heterocycles. The summed E-state index contributed by atoms with van der Waals surface area (Å²) in [6, 6.07) is 20.9. The summed E-state index contributed by atoms with van der Waals surface area (Å²) in [7, 11) is 0. The smallest absolute Gasteiger partial charge is 0.148 e. The number of aromatic nitrogens is 3. The maximum absolute atomic E-state index is 13.0. The van der Waals surface area contributed by atoms with Crippen LogP contribution >= 0.6 is 0 Å². The van der Waals surface area contributed by atoms with Gasteiger partial charge in [0.15, 0.2) is 0 Å². The van der Waals surface area contributed by atoms with Gasteiger partial charge in [0.1, 0.15) is 11.6 Å². The number of phenolic OH excluding ortho intramolecular Hbond substituents is 1. The van der Waals surface area contributed by atoms with E-state index in [-0.39, 0.29) is 66.2 Å². The van der Waals surface area contributed by atoms with Crippen LogP contribution in [0.3, 0.4) is 0 Å². The maximum atomic E-state index is 13.0. The molecular weight excluding hydrogens is 962 g/mol. The minimum Gasteiger partial charge on any atom is -0.507 e. The van der Waals surface area contributed by atoms with Gasteiger partial charge in [0, 0.05) is 73.0 Å². The summed E-state index contributed by atoms with van der Waals surface area (Å²) in [5, 5.41) is 13.0. The second-order valence-electron chi connectivity index (χ2n) is 17.6. The summed E-state index contributed by atoms with van der Waals surface area (Å²) in [4.78, 5) is 9.35. The van der Waals surface area contributed by atoms with E-state index in [1.54, 1.807) is 36.4 Å². The number of aromatic hydroxyl groups is 1. The molecular formula is C59H62N3OPt-. The molecule has 2 aromatic heterocycles. The van der Waals surface area contributed by atoms with E-state index in [1.165, 1.54) is 16.7 Å². The summed E-state index contributed by atoms with van der Waals surface area (Å²) in [5.41, 5.74) is -13.3. The summed E-state index contributed by atoms with van der Waals surface area (Å²) in [6.45, 7) is -17.0. The Balaban J connectivity index is 0.0000120. The van der Waals surface area contributed by atoms with Crippen LogP contribution in [0.1, 0.15) is 149 Å². The van der Waals surface area contributed by atoms with E-state index in [4.69, 9.17) is 42.0 Å². The monoisotopic (exact) mass is 1050 g/mol. The molecule has 2 heterocycles. The van der Waals surface area contributed by atoms with Gasteiger partial charge in [-0.1, -0.05) is 184 Å². The molecule has 8 aromatic rings. The predicted octanol–water partition coefficient (Wildman–Crippen LogP) is 15.8. The number of para-hydroxylation sites is 1. The van der Waals surface area contributed by atoms with Crippen LogP contribution in [0, 0.1) is 12.9 Å². The van der Waals surface area contributed by atoms with Gasteiger partial charge >= 0.3 is 0 Å². The van der Waals surface area contributed by atoms with Crippen molar-refractivity contribution in [1.82, 2.24) is 14.5 Å². The average Bonchev–Trinajstić information content (AvgIpc) is 0.783. The standard InChI is InChI=1S/C59H62N3O.Pt/c1-37-22-24-38(25-23-37)40-28-29-60-51(33-40)42-30-41(31-43(32-42)56(2,3)4)47-20-17-21-52-53(47)61-55(48-34-44(57(5,6)7)35-50(54(48)63)59(11,12)13)62(52)45-26-27-46(39-18-15-14-16-19-39)49(36-45)58(8,9)10;/h14-29,31-36,63H,1-13H3;/q-1;/i1D3,5D3,6D3,7D3,11D3,12D3,13D3,22D,23D,24D,25D,28D,29D,33D;. The number of rotatable bonds is 6. The molecule has 0 amide bonds. The van der Waals surface area contributed by atoms with Crippen LogP contribution < -0.4 is 0 Å². The second-order valence-corrected chi connectivity index (χ2v) is 17.6. The Morgan fingerprint density at radius 3 is 1.98 bits per heavy atom. The van der Waals surface area contributed by atoms with Crippen molar-refractivity contribution in [3.63, 3.8) is 0 Å². The van der Waals surface area contributed by atoms with Crippen molar-refractivity contribution in [3.05, 3.63) is 167 Å². The van der Waals surface area contributed by atoms with E-state index in [0.29, 0.717) is 17.2 Å². The molecule has 0 atom stereocenters. The number of pyridine rings is 1. The second kappa shape index (κ2) is 17.1. The van der Waals surface area contributed by atoms with Crippen molar-refractivity contribution in [2.24, 2.45) is 0 Å². The fourth-order valence-corrected chi connectivity index (χ4v) is 7.51. The third-order valence-corrected chi connectivity index (χ3v) is 10.8. The van der Waals surface area contributed by atoms with E-state index in [0.717, 1.165) is 11.1 Å². The van der Waals surface area contributed by atoms with Gasteiger partial charge in [-0.25, -0.2) is 4.98 Å². The molecule has 330 valence electrons. The van der Waals surface area contributed by atoms with Crippen LogP contribution in [0.5, 0.6) is 5.75 Å². The molecule has 8 rings (SSSR count). The van der Waals surface area contributed by atoms with Gasteiger partial charge in [-0.3, -0.25) is 9.55 Å². The Hall–Kier alpha value is -5.57. The van der Waals surface area contributed by atoms with Gasteiger partial charge in [-0.2, -0.15) is 0 Å². The van der Waals surface area contributed by atoms with Crippen LogP contribution in [0.15, 0.2) is 133 Å². The van der Waals surface area contributed by atoms with Gasteiger partial charge in [-0.15, -0.1) is 29.3 Å². The number of benzene rings is 6. The molecule has 0 bridgehead atoms. The molecule has 0 fully saturated rings. The van der Waals surface area contributed by atoms with Crippen molar-refractivity contribution in [3.8, 4) is 67.5 Å². The van der Waals surface area contributed by atoms with E-state index >= 15 is 0 Å². The summed E-state index contributed by atoms with van der Waals surface area (Å²) >= 11 is 0. The molecule has 6 aromatic carbocycles. The predicted molar refractivity (Wildman–Crippen MR) is 266 cm³/mol. The Labute approximate surface area is 435 Å². The Kier molecular flexibility index (Phi) is 6.02. The summed E-state index contributed by atoms with van der Waals surface area (Å²) in [5.74, 6) is -2.06. The van der Waals surface area contributed by atoms with Gasteiger partial charge < -0.3 is 5.11 Å².